The van der Waals surface area contributed by atoms with Crippen LogP contribution in [0.1, 0.15) is 19.8 Å². The van der Waals surface area contributed by atoms with Gasteiger partial charge in [0.05, 0.1) is 12.2 Å². The van der Waals surface area contributed by atoms with E-state index in [0.29, 0.717) is 12.8 Å². The van der Waals surface area contributed by atoms with Crippen molar-refractivity contribution in [3.63, 3.8) is 0 Å². The number of aliphatic hydroxyl groups is 2. The molecule has 0 spiro atoms. The third-order valence-corrected chi connectivity index (χ3v) is 1.56. The Morgan fingerprint density at radius 3 is 2.43 bits per heavy atom. The van der Waals surface area contributed by atoms with E-state index in [0.717, 1.165) is 6.08 Å². The molecule has 0 rings (SSSR count). The Balaban J connectivity index is 3.70. The molecule has 0 bridgehead atoms. The summed E-state index contributed by atoms with van der Waals surface area (Å²) in [7, 11) is 0. The molecule has 0 radical (unpaired) electrons. The maximum absolute atomic E-state index is 10.0. The zero-order valence-corrected chi connectivity index (χ0v) is 8.13. The smallest absolute Gasteiger partial charge is 0.328 e. The van der Waals surface area contributed by atoms with Crippen molar-refractivity contribution in [1.82, 2.24) is 0 Å². The molecule has 0 saturated heterocycles. The van der Waals surface area contributed by atoms with Crippen LogP contribution in [0, 0.1) is 0 Å². The van der Waals surface area contributed by atoms with Crippen molar-refractivity contribution in [1.29, 1.82) is 0 Å². The number of carboxylic acid groups (broad SMARTS) is 1. The van der Waals surface area contributed by atoms with Gasteiger partial charge in [-0.3, -0.25) is 0 Å². The molecule has 2 atom stereocenters. The summed E-state index contributed by atoms with van der Waals surface area (Å²) in [5.41, 5.74) is 0. The van der Waals surface area contributed by atoms with Gasteiger partial charge in [-0.25, -0.2) is 4.79 Å². The fourth-order valence-corrected chi connectivity index (χ4v) is 0.838. The van der Waals surface area contributed by atoms with Crippen LogP contribution < -0.4 is 0 Å². The predicted octanol–water partition coefficient (Wildman–Crippen LogP) is 0.705. The van der Waals surface area contributed by atoms with Crippen LogP contribution in [0.3, 0.4) is 0 Å². The highest BCUT2D eigenvalue weighted by Gasteiger charge is 2.01. The summed E-state index contributed by atoms with van der Waals surface area (Å²) in [6, 6.07) is 0. The third-order valence-electron chi connectivity index (χ3n) is 1.56. The Bertz CT molecular complexity index is 218. The molecule has 0 heterocycles. The first kappa shape index (κ1) is 12.9. The van der Waals surface area contributed by atoms with Gasteiger partial charge < -0.3 is 15.3 Å². The standard InChI is InChI=1S/C10H16O4/c1-8(11)6-7-9(12)4-2-3-5-10(13)14/h2-5,8-9,11-12H,6-7H2,1H3,(H,13,14)/b4-2+,5-3-/t8-,9+/m1/s1. The molecule has 0 saturated carbocycles. The van der Waals surface area contributed by atoms with Crippen LogP contribution >= 0.6 is 0 Å². The molecule has 0 unspecified atom stereocenters. The maximum atomic E-state index is 10.0. The molecular formula is C10H16O4. The number of carbonyl (C=O) groups is 1. The van der Waals surface area contributed by atoms with E-state index in [1.54, 1.807) is 6.92 Å². The number of carboxylic acids is 1. The van der Waals surface area contributed by atoms with Crippen LogP contribution in [0.5, 0.6) is 0 Å². The van der Waals surface area contributed by atoms with E-state index < -0.39 is 18.2 Å². The van der Waals surface area contributed by atoms with Crippen molar-refractivity contribution in [3.05, 3.63) is 24.3 Å². The first-order chi connectivity index (χ1) is 6.52. The molecule has 0 aliphatic rings. The SMILES string of the molecule is C[C@@H](O)CC[C@@H](O)/C=C/C=C\C(=O)O. The molecule has 0 aliphatic carbocycles. The Morgan fingerprint density at radius 2 is 1.93 bits per heavy atom. The summed E-state index contributed by atoms with van der Waals surface area (Å²) in [6.45, 7) is 1.65. The van der Waals surface area contributed by atoms with E-state index in [4.69, 9.17) is 10.2 Å². The Morgan fingerprint density at radius 1 is 1.29 bits per heavy atom. The van der Waals surface area contributed by atoms with Crippen LogP contribution in [0.2, 0.25) is 0 Å². The normalized spacial score (nSPS) is 16.2. The summed E-state index contributed by atoms with van der Waals surface area (Å²) in [5.74, 6) is -1.02. The lowest BCUT2D eigenvalue weighted by Crippen LogP contribution is -2.07. The summed E-state index contributed by atoms with van der Waals surface area (Å²) in [6.07, 6.45) is 5.22. The van der Waals surface area contributed by atoms with E-state index in [1.807, 2.05) is 0 Å². The molecule has 0 fully saturated rings. The first-order valence-electron chi connectivity index (χ1n) is 4.46. The fraction of sp³-hybridized carbons (Fsp3) is 0.500. The minimum atomic E-state index is -1.02. The van der Waals surface area contributed by atoms with Gasteiger partial charge in [0.1, 0.15) is 0 Å². The molecule has 0 aromatic heterocycles. The highest BCUT2D eigenvalue weighted by atomic mass is 16.4. The lowest BCUT2D eigenvalue weighted by atomic mass is 10.1. The maximum Gasteiger partial charge on any atom is 0.328 e. The summed E-state index contributed by atoms with van der Waals surface area (Å²) >= 11 is 0. The Labute approximate surface area is 83.2 Å². The molecule has 80 valence electrons. The molecule has 0 aromatic rings. The monoisotopic (exact) mass is 200 g/mol. The number of allylic oxidation sites excluding steroid dienone is 2. The van der Waals surface area contributed by atoms with E-state index in [1.165, 1.54) is 18.2 Å². The third kappa shape index (κ3) is 8.96. The van der Waals surface area contributed by atoms with Gasteiger partial charge in [-0.15, -0.1) is 0 Å². The van der Waals surface area contributed by atoms with Crippen LogP contribution in [0.15, 0.2) is 24.3 Å². The average Bonchev–Trinajstić information content (AvgIpc) is 2.08. The second kappa shape index (κ2) is 7.29. The van der Waals surface area contributed by atoms with Gasteiger partial charge >= 0.3 is 5.97 Å². The van der Waals surface area contributed by atoms with Gasteiger partial charge in [0.2, 0.25) is 0 Å². The molecule has 0 amide bonds. The van der Waals surface area contributed by atoms with E-state index in [-0.39, 0.29) is 0 Å². The van der Waals surface area contributed by atoms with Gasteiger partial charge in [-0.2, -0.15) is 0 Å². The van der Waals surface area contributed by atoms with Crippen LogP contribution in [0.25, 0.3) is 0 Å². The zero-order chi connectivity index (χ0) is 11.0. The largest absolute Gasteiger partial charge is 0.478 e. The average molecular weight is 200 g/mol. The van der Waals surface area contributed by atoms with E-state index >= 15 is 0 Å². The number of hydrogen-bond acceptors (Lipinski definition) is 3. The molecular weight excluding hydrogens is 184 g/mol. The molecule has 4 nitrogen and oxygen atoms in total. The zero-order valence-electron chi connectivity index (χ0n) is 8.13. The van der Waals surface area contributed by atoms with Crippen LogP contribution in [-0.2, 0) is 4.79 Å². The molecule has 0 aromatic carbocycles. The lowest BCUT2D eigenvalue weighted by Gasteiger charge is -2.06. The highest BCUT2D eigenvalue weighted by molar-refractivity contribution is 5.80. The summed E-state index contributed by atoms with van der Waals surface area (Å²) in [5, 5.41) is 26.4. The van der Waals surface area contributed by atoms with Gasteiger partial charge in [0, 0.05) is 6.08 Å². The summed E-state index contributed by atoms with van der Waals surface area (Å²) < 4.78 is 0. The molecule has 0 aliphatic heterocycles. The van der Waals surface area contributed by atoms with Crippen LogP contribution in [0.4, 0.5) is 0 Å². The van der Waals surface area contributed by atoms with Crippen molar-refractivity contribution in [2.24, 2.45) is 0 Å². The second-order valence-corrected chi connectivity index (χ2v) is 3.08. The van der Waals surface area contributed by atoms with Gasteiger partial charge in [-0.05, 0) is 19.8 Å². The topological polar surface area (TPSA) is 77.8 Å². The van der Waals surface area contributed by atoms with E-state index in [9.17, 15) is 9.90 Å². The predicted molar refractivity (Wildman–Crippen MR) is 52.8 cm³/mol. The number of aliphatic hydroxyl groups excluding tert-OH is 2. The van der Waals surface area contributed by atoms with Crippen molar-refractivity contribution >= 4 is 5.97 Å². The number of aliphatic carboxylic acids is 1. The summed E-state index contributed by atoms with van der Waals surface area (Å²) in [4.78, 5) is 10.0. The first-order valence-corrected chi connectivity index (χ1v) is 4.46. The molecule has 14 heavy (non-hydrogen) atoms. The number of hydrogen-bond donors (Lipinski definition) is 3. The van der Waals surface area contributed by atoms with Crippen molar-refractivity contribution in [3.8, 4) is 0 Å². The Kier molecular flexibility index (Phi) is 6.70. The Hall–Kier alpha value is -1.13. The molecule has 3 N–H and O–H groups in total. The van der Waals surface area contributed by atoms with Gasteiger partial charge in [0.15, 0.2) is 0 Å². The van der Waals surface area contributed by atoms with Crippen molar-refractivity contribution in [2.75, 3.05) is 0 Å². The fourth-order valence-electron chi connectivity index (χ4n) is 0.838. The lowest BCUT2D eigenvalue weighted by molar-refractivity contribution is -0.131. The highest BCUT2D eigenvalue weighted by Crippen LogP contribution is 2.02. The van der Waals surface area contributed by atoms with Gasteiger partial charge in [0.25, 0.3) is 0 Å². The van der Waals surface area contributed by atoms with Crippen molar-refractivity contribution < 1.29 is 20.1 Å². The van der Waals surface area contributed by atoms with E-state index in [2.05, 4.69) is 0 Å². The second-order valence-electron chi connectivity index (χ2n) is 3.08. The quantitative estimate of drug-likeness (QED) is 0.436. The van der Waals surface area contributed by atoms with Crippen LogP contribution in [-0.4, -0.2) is 33.5 Å². The number of rotatable bonds is 6. The minimum absolute atomic E-state index is 0.424. The van der Waals surface area contributed by atoms with Gasteiger partial charge in [-0.1, -0.05) is 18.2 Å². The minimum Gasteiger partial charge on any atom is -0.478 e. The molecule has 4 heteroatoms. The van der Waals surface area contributed by atoms with Crippen molar-refractivity contribution in [2.45, 2.75) is 32.0 Å².